The molecule has 0 unspecified atom stereocenters. The summed E-state index contributed by atoms with van der Waals surface area (Å²) in [5.74, 6) is 9.08. The molecule has 2 N–H and O–H groups in total. The van der Waals surface area contributed by atoms with E-state index in [0.717, 1.165) is 11.3 Å². The van der Waals surface area contributed by atoms with Crippen molar-refractivity contribution in [2.24, 2.45) is 0 Å². The topological polar surface area (TPSA) is 118 Å². The van der Waals surface area contributed by atoms with Crippen LogP contribution in [-0.4, -0.2) is 32.2 Å². The Bertz CT molecular complexity index is 994. The highest BCUT2D eigenvalue weighted by Gasteiger charge is 2.16. The molecule has 0 atom stereocenters. The first-order chi connectivity index (χ1) is 12.7. The number of methoxy groups -OCH3 is 1. The normalized spacial score (nSPS) is 11.0. The summed E-state index contributed by atoms with van der Waals surface area (Å²) >= 11 is 1.34. The Morgan fingerprint density at radius 3 is 2.69 bits per heavy atom. The van der Waals surface area contributed by atoms with Crippen molar-refractivity contribution in [3.8, 4) is 28.8 Å². The van der Waals surface area contributed by atoms with Gasteiger partial charge in [-0.15, -0.1) is 20.4 Å². The summed E-state index contributed by atoms with van der Waals surface area (Å²) in [6.07, 6.45) is 1.55. The molecular weight excluding hydrogens is 356 g/mol. The van der Waals surface area contributed by atoms with E-state index in [4.69, 9.17) is 19.4 Å². The minimum atomic E-state index is 0.413. The number of nitrogens with zero attached hydrogens (tertiary/aromatic N) is 5. The first kappa shape index (κ1) is 16.2. The Hall–Kier alpha value is -3.27. The van der Waals surface area contributed by atoms with Crippen LogP contribution in [0, 0.1) is 0 Å². The Kier molecular flexibility index (Phi) is 4.32. The Labute approximate surface area is 152 Å². The lowest BCUT2D eigenvalue weighted by molar-refractivity contribution is 0.415. The summed E-state index contributed by atoms with van der Waals surface area (Å²) in [6.45, 7) is 0. The van der Waals surface area contributed by atoms with Gasteiger partial charge >= 0.3 is 0 Å². The Balaban J connectivity index is 1.45. The molecule has 0 spiro atoms. The lowest BCUT2D eigenvalue weighted by atomic mass is 10.2. The zero-order valence-electron chi connectivity index (χ0n) is 13.7. The van der Waals surface area contributed by atoms with Crippen LogP contribution in [0.2, 0.25) is 0 Å². The maximum Gasteiger partial charge on any atom is 0.247 e. The van der Waals surface area contributed by atoms with Crippen LogP contribution in [-0.2, 0) is 5.75 Å². The minimum absolute atomic E-state index is 0.413. The molecule has 3 heterocycles. The van der Waals surface area contributed by atoms with Gasteiger partial charge in [0.15, 0.2) is 5.76 Å². The van der Waals surface area contributed by atoms with E-state index in [2.05, 4.69) is 20.4 Å². The molecule has 9 nitrogen and oxygen atoms in total. The van der Waals surface area contributed by atoms with Crippen molar-refractivity contribution in [2.75, 3.05) is 13.0 Å². The quantitative estimate of drug-likeness (QED) is 0.403. The maximum atomic E-state index is 6.01. The van der Waals surface area contributed by atoms with Gasteiger partial charge in [0.2, 0.25) is 22.8 Å². The van der Waals surface area contributed by atoms with Gasteiger partial charge in [-0.1, -0.05) is 11.8 Å². The molecular formula is C16H14N6O3S. The van der Waals surface area contributed by atoms with Crippen LogP contribution >= 0.6 is 11.8 Å². The molecule has 0 aliphatic carbocycles. The van der Waals surface area contributed by atoms with Crippen LogP contribution in [0.3, 0.4) is 0 Å². The molecule has 0 bridgehead atoms. The smallest absolute Gasteiger partial charge is 0.247 e. The molecule has 0 fully saturated rings. The van der Waals surface area contributed by atoms with Gasteiger partial charge in [0.05, 0.1) is 19.1 Å². The van der Waals surface area contributed by atoms with Gasteiger partial charge in [-0.05, 0) is 36.4 Å². The van der Waals surface area contributed by atoms with Gasteiger partial charge in [-0.25, -0.2) is 4.68 Å². The highest BCUT2D eigenvalue weighted by molar-refractivity contribution is 7.98. The van der Waals surface area contributed by atoms with Gasteiger partial charge in [0.25, 0.3) is 0 Å². The molecule has 4 aromatic rings. The second kappa shape index (κ2) is 6.92. The summed E-state index contributed by atoms with van der Waals surface area (Å²) in [7, 11) is 1.62. The summed E-state index contributed by atoms with van der Waals surface area (Å²) in [5.41, 5.74) is 0.816. The number of hydrogen-bond acceptors (Lipinski definition) is 9. The van der Waals surface area contributed by atoms with Crippen LogP contribution in [0.15, 0.2) is 56.7 Å². The van der Waals surface area contributed by atoms with Crippen molar-refractivity contribution in [3.63, 3.8) is 0 Å². The van der Waals surface area contributed by atoms with E-state index in [1.807, 2.05) is 24.3 Å². The fourth-order valence-electron chi connectivity index (χ4n) is 2.24. The number of nitrogens with two attached hydrogens (primary N) is 1. The van der Waals surface area contributed by atoms with Gasteiger partial charge in [-0.2, -0.15) is 0 Å². The van der Waals surface area contributed by atoms with E-state index >= 15 is 0 Å². The van der Waals surface area contributed by atoms with Gasteiger partial charge in [0, 0.05) is 5.56 Å². The number of nitrogen functional groups attached to an aromatic ring is 1. The van der Waals surface area contributed by atoms with Crippen molar-refractivity contribution < 1.29 is 13.6 Å². The molecule has 0 aliphatic rings. The third-order valence-corrected chi connectivity index (χ3v) is 4.46. The van der Waals surface area contributed by atoms with Crippen molar-refractivity contribution in [1.29, 1.82) is 0 Å². The second-order valence-corrected chi connectivity index (χ2v) is 6.11. The zero-order chi connectivity index (χ0) is 17.9. The molecule has 26 heavy (non-hydrogen) atoms. The first-order valence-corrected chi connectivity index (χ1v) is 8.57. The third kappa shape index (κ3) is 3.14. The van der Waals surface area contributed by atoms with Crippen molar-refractivity contribution >= 4 is 11.8 Å². The molecule has 1 aromatic carbocycles. The highest BCUT2D eigenvalue weighted by Crippen LogP contribution is 2.26. The number of benzene rings is 1. The molecule has 132 valence electrons. The average molecular weight is 370 g/mol. The lowest BCUT2D eigenvalue weighted by Gasteiger charge is -2.00. The summed E-state index contributed by atoms with van der Waals surface area (Å²) in [6, 6.07) is 10.9. The Morgan fingerprint density at radius 1 is 1.12 bits per heavy atom. The number of hydrogen-bond donors (Lipinski definition) is 1. The van der Waals surface area contributed by atoms with E-state index in [1.165, 1.54) is 16.4 Å². The van der Waals surface area contributed by atoms with Crippen molar-refractivity contribution in [3.05, 3.63) is 48.6 Å². The van der Waals surface area contributed by atoms with E-state index < -0.39 is 0 Å². The number of rotatable bonds is 6. The van der Waals surface area contributed by atoms with E-state index in [-0.39, 0.29) is 0 Å². The van der Waals surface area contributed by atoms with Crippen LogP contribution in [0.5, 0.6) is 5.75 Å². The molecule has 10 heteroatoms. The molecule has 0 saturated carbocycles. The number of thioether (sulfide) groups is 1. The molecule has 0 saturated heterocycles. The summed E-state index contributed by atoms with van der Waals surface area (Å²) < 4.78 is 17.5. The molecule has 0 aliphatic heterocycles. The first-order valence-electron chi connectivity index (χ1n) is 7.58. The van der Waals surface area contributed by atoms with Crippen LogP contribution in [0.4, 0.5) is 0 Å². The van der Waals surface area contributed by atoms with E-state index in [1.54, 1.807) is 25.5 Å². The maximum absolute atomic E-state index is 6.01. The fraction of sp³-hybridized carbons (Fsp3) is 0.125. The highest BCUT2D eigenvalue weighted by atomic mass is 32.2. The summed E-state index contributed by atoms with van der Waals surface area (Å²) in [4.78, 5) is 0. The van der Waals surface area contributed by atoms with Crippen LogP contribution < -0.4 is 10.6 Å². The van der Waals surface area contributed by atoms with Crippen LogP contribution in [0.25, 0.3) is 23.0 Å². The standard InChI is InChI=1S/C16H14N6O3S/c1-23-11-6-4-10(5-7-11)15-20-18-13(25-15)9-26-16-21-19-14(22(16)17)12-3-2-8-24-12/h2-8H,9,17H2,1H3. The van der Waals surface area contributed by atoms with Crippen LogP contribution in [0.1, 0.15) is 5.89 Å². The largest absolute Gasteiger partial charge is 0.497 e. The zero-order valence-corrected chi connectivity index (χ0v) is 14.5. The molecule has 0 amide bonds. The molecule has 0 radical (unpaired) electrons. The molecule has 4 rings (SSSR count). The SMILES string of the molecule is COc1ccc(-c2nnc(CSc3nnc(-c4ccco4)n3N)o2)cc1. The number of aromatic nitrogens is 5. The average Bonchev–Trinajstić information content (AvgIpc) is 3.41. The second-order valence-electron chi connectivity index (χ2n) is 5.17. The van der Waals surface area contributed by atoms with E-state index in [9.17, 15) is 0 Å². The van der Waals surface area contributed by atoms with Gasteiger partial charge in [0.1, 0.15) is 5.75 Å². The fourth-order valence-corrected chi connectivity index (χ4v) is 2.93. The predicted octanol–water partition coefficient (Wildman–Crippen LogP) is 2.60. The van der Waals surface area contributed by atoms with Gasteiger partial charge in [-0.3, -0.25) is 0 Å². The minimum Gasteiger partial charge on any atom is -0.497 e. The van der Waals surface area contributed by atoms with Gasteiger partial charge < -0.3 is 19.4 Å². The lowest BCUT2D eigenvalue weighted by Crippen LogP contribution is -2.11. The van der Waals surface area contributed by atoms with Crippen molar-refractivity contribution in [2.45, 2.75) is 10.9 Å². The predicted molar refractivity (Wildman–Crippen MR) is 93.7 cm³/mol. The van der Waals surface area contributed by atoms with Crippen molar-refractivity contribution in [1.82, 2.24) is 25.1 Å². The molecule has 3 aromatic heterocycles. The monoisotopic (exact) mass is 370 g/mol. The third-order valence-electron chi connectivity index (χ3n) is 3.53. The number of furan rings is 1. The number of ether oxygens (including phenoxy) is 1. The van der Waals surface area contributed by atoms with E-state index in [0.29, 0.717) is 34.3 Å². The summed E-state index contributed by atoms with van der Waals surface area (Å²) in [5, 5.41) is 16.7. The Morgan fingerprint density at radius 2 is 1.96 bits per heavy atom.